The van der Waals surface area contributed by atoms with Gasteiger partial charge in [-0.3, -0.25) is 0 Å². The average Bonchev–Trinajstić information content (AvgIpc) is 3.28. The van der Waals surface area contributed by atoms with Crippen LogP contribution in [0.2, 0.25) is 0 Å². The number of ether oxygens (including phenoxy) is 1. The van der Waals surface area contributed by atoms with Gasteiger partial charge in [-0.2, -0.15) is 5.21 Å². The number of alkyl halides is 3. The van der Waals surface area contributed by atoms with E-state index in [2.05, 4.69) is 30.7 Å². The van der Waals surface area contributed by atoms with Crippen LogP contribution in [0.25, 0.3) is 22.6 Å². The van der Waals surface area contributed by atoms with Gasteiger partial charge in [-0.05, 0) is 35.0 Å². The Morgan fingerprint density at radius 3 is 2.68 bits per heavy atom. The maximum atomic E-state index is 14.0. The van der Waals surface area contributed by atoms with Crippen molar-refractivity contribution in [3.05, 3.63) is 53.8 Å². The van der Waals surface area contributed by atoms with E-state index in [-0.39, 0.29) is 12.2 Å². The molecule has 0 amide bonds. The van der Waals surface area contributed by atoms with E-state index < -0.39 is 17.9 Å². The van der Waals surface area contributed by atoms with Crippen molar-refractivity contribution in [1.82, 2.24) is 20.6 Å². The fourth-order valence-corrected chi connectivity index (χ4v) is 2.60. The zero-order valence-electron chi connectivity index (χ0n) is 13.9. The number of aromatic nitrogens is 4. The molecule has 2 aromatic carbocycles. The van der Waals surface area contributed by atoms with Gasteiger partial charge in [-0.15, -0.1) is 23.4 Å². The molecule has 0 saturated carbocycles. The number of rotatable bonds is 5. The summed E-state index contributed by atoms with van der Waals surface area (Å²) in [7, 11) is 0. The lowest BCUT2D eigenvalue weighted by Crippen LogP contribution is -2.17. The topological polar surface area (TPSA) is 88.9 Å². The number of hydrogen-bond donors (Lipinski definition) is 2. The summed E-state index contributed by atoms with van der Waals surface area (Å²) in [5.41, 5.74) is 1.39. The predicted molar refractivity (Wildman–Crippen MR) is 89.8 cm³/mol. The molecule has 2 aromatic heterocycles. The molecule has 0 aliphatic heterocycles. The number of anilines is 1. The van der Waals surface area contributed by atoms with E-state index in [0.29, 0.717) is 23.2 Å². The summed E-state index contributed by atoms with van der Waals surface area (Å²) in [6, 6.07) is 10.0. The standard InChI is InChI=1S/C17H11F4N5O2/c18-12-7-11(28-17(19,20)21)3-4-13(12)22-8-9-1-2-10-6-15(27-14(10)5-9)16-23-25-26-24-16/h1-7,22H,8H2,(H,23,24,25,26). The molecule has 7 nitrogen and oxygen atoms in total. The van der Waals surface area contributed by atoms with Crippen LogP contribution >= 0.6 is 0 Å². The highest BCUT2D eigenvalue weighted by Gasteiger charge is 2.31. The van der Waals surface area contributed by atoms with Crippen LogP contribution in [0, 0.1) is 5.82 Å². The first kappa shape index (κ1) is 17.8. The first-order valence-electron chi connectivity index (χ1n) is 7.93. The number of halogens is 4. The number of tetrazole rings is 1. The lowest BCUT2D eigenvalue weighted by Gasteiger charge is -2.11. The second-order valence-corrected chi connectivity index (χ2v) is 5.76. The molecule has 4 aromatic rings. The summed E-state index contributed by atoms with van der Waals surface area (Å²) in [6.07, 6.45) is -4.87. The van der Waals surface area contributed by atoms with E-state index in [1.54, 1.807) is 12.1 Å². The van der Waals surface area contributed by atoms with Gasteiger partial charge in [0.05, 0.1) is 5.69 Å². The highest BCUT2D eigenvalue weighted by atomic mass is 19.4. The normalized spacial score (nSPS) is 11.7. The van der Waals surface area contributed by atoms with E-state index in [1.807, 2.05) is 12.1 Å². The van der Waals surface area contributed by atoms with Crippen LogP contribution in [0.4, 0.5) is 23.2 Å². The quantitative estimate of drug-likeness (QED) is 0.493. The first-order chi connectivity index (χ1) is 13.4. The third-order valence-corrected chi connectivity index (χ3v) is 3.81. The maximum Gasteiger partial charge on any atom is 0.573 e. The maximum absolute atomic E-state index is 14.0. The molecule has 11 heteroatoms. The van der Waals surface area contributed by atoms with E-state index in [0.717, 1.165) is 17.0 Å². The van der Waals surface area contributed by atoms with Crippen LogP contribution in [0.3, 0.4) is 0 Å². The monoisotopic (exact) mass is 393 g/mol. The Hall–Kier alpha value is -3.63. The summed E-state index contributed by atoms with van der Waals surface area (Å²) >= 11 is 0. The molecule has 144 valence electrons. The molecular weight excluding hydrogens is 382 g/mol. The van der Waals surface area contributed by atoms with E-state index in [1.165, 1.54) is 6.07 Å². The van der Waals surface area contributed by atoms with Crippen molar-refractivity contribution >= 4 is 16.7 Å². The van der Waals surface area contributed by atoms with Crippen molar-refractivity contribution in [2.75, 3.05) is 5.32 Å². The fourth-order valence-electron chi connectivity index (χ4n) is 2.60. The SMILES string of the molecule is Fc1cc(OC(F)(F)F)ccc1NCc1ccc2cc(-c3nn[nH]n3)oc2c1. The van der Waals surface area contributed by atoms with Crippen LogP contribution in [0.1, 0.15) is 5.56 Å². The van der Waals surface area contributed by atoms with Gasteiger partial charge < -0.3 is 14.5 Å². The van der Waals surface area contributed by atoms with Crippen LogP contribution in [-0.4, -0.2) is 27.0 Å². The lowest BCUT2D eigenvalue weighted by atomic mass is 10.1. The number of fused-ring (bicyclic) bond motifs is 1. The van der Waals surface area contributed by atoms with Gasteiger partial charge in [0.1, 0.15) is 17.1 Å². The first-order valence-corrected chi connectivity index (χ1v) is 7.93. The molecular formula is C17H11F4N5O2. The molecule has 0 saturated heterocycles. The Morgan fingerprint density at radius 2 is 1.96 bits per heavy atom. The number of nitrogens with zero attached hydrogens (tertiary/aromatic N) is 3. The van der Waals surface area contributed by atoms with Crippen molar-refractivity contribution in [3.8, 4) is 17.3 Å². The highest BCUT2D eigenvalue weighted by molar-refractivity contribution is 5.82. The largest absolute Gasteiger partial charge is 0.573 e. The molecule has 4 rings (SSSR count). The molecule has 0 aliphatic carbocycles. The van der Waals surface area contributed by atoms with Gasteiger partial charge in [-0.25, -0.2) is 4.39 Å². The number of hydrogen-bond acceptors (Lipinski definition) is 6. The Labute approximate surface area is 154 Å². The van der Waals surface area contributed by atoms with Gasteiger partial charge in [0, 0.05) is 18.0 Å². The van der Waals surface area contributed by atoms with Crippen LogP contribution in [0.5, 0.6) is 5.75 Å². The minimum absolute atomic E-state index is 0.0431. The summed E-state index contributed by atoms with van der Waals surface area (Å²) < 4.78 is 59.9. The third-order valence-electron chi connectivity index (χ3n) is 3.81. The Kier molecular flexibility index (Phi) is 4.34. The number of furan rings is 1. The molecule has 0 unspecified atom stereocenters. The van der Waals surface area contributed by atoms with Crippen molar-refractivity contribution in [2.45, 2.75) is 12.9 Å². The molecule has 0 spiro atoms. The molecule has 0 bridgehead atoms. The third kappa shape index (κ3) is 3.87. The number of benzene rings is 2. The van der Waals surface area contributed by atoms with Crippen molar-refractivity contribution < 1.29 is 26.7 Å². The highest BCUT2D eigenvalue weighted by Crippen LogP contribution is 2.28. The van der Waals surface area contributed by atoms with Gasteiger partial charge in [0.2, 0.25) is 5.82 Å². The van der Waals surface area contributed by atoms with Crippen molar-refractivity contribution in [1.29, 1.82) is 0 Å². The van der Waals surface area contributed by atoms with E-state index in [9.17, 15) is 17.6 Å². The van der Waals surface area contributed by atoms with Gasteiger partial charge >= 0.3 is 6.36 Å². The molecule has 0 atom stereocenters. The number of nitrogens with one attached hydrogen (secondary N) is 2. The van der Waals surface area contributed by atoms with Gasteiger partial charge in [-0.1, -0.05) is 12.1 Å². The van der Waals surface area contributed by atoms with Crippen LogP contribution < -0.4 is 10.1 Å². The zero-order chi connectivity index (χ0) is 19.7. The lowest BCUT2D eigenvalue weighted by molar-refractivity contribution is -0.274. The average molecular weight is 393 g/mol. The molecule has 0 radical (unpaired) electrons. The van der Waals surface area contributed by atoms with Crippen molar-refractivity contribution in [3.63, 3.8) is 0 Å². The molecule has 0 aliphatic rings. The Balaban J connectivity index is 1.48. The van der Waals surface area contributed by atoms with Crippen LogP contribution in [-0.2, 0) is 6.54 Å². The number of aromatic amines is 1. The fraction of sp³-hybridized carbons (Fsp3) is 0.118. The minimum atomic E-state index is -4.87. The summed E-state index contributed by atoms with van der Waals surface area (Å²) in [6.45, 7) is 0.227. The Morgan fingerprint density at radius 1 is 1.11 bits per heavy atom. The molecule has 0 fully saturated rings. The zero-order valence-corrected chi connectivity index (χ0v) is 13.9. The summed E-state index contributed by atoms with van der Waals surface area (Å²) in [5.74, 6) is -0.721. The van der Waals surface area contributed by atoms with E-state index >= 15 is 0 Å². The predicted octanol–water partition coefficient (Wildman–Crippen LogP) is 4.26. The Bertz CT molecular complexity index is 1110. The second-order valence-electron chi connectivity index (χ2n) is 5.76. The summed E-state index contributed by atoms with van der Waals surface area (Å²) in [5, 5.41) is 17.1. The molecule has 2 N–H and O–H groups in total. The van der Waals surface area contributed by atoms with E-state index in [4.69, 9.17) is 4.42 Å². The molecule has 2 heterocycles. The molecule has 28 heavy (non-hydrogen) atoms. The van der Waals surface area contributed by atoms with Crippen LogP contribution in [0.15, 0.2) is 46.9 Å². The second kappa shape index (κ2) is 6.83. The minimum Gasteiger partial charge on any atom is -0.453 e. The number of H-pyrrole nitrogens is 1. The van der Waals surface area contributed by atoms with Gasteiger partial charge in [0.25, 0.3) is 0 Å². The van der Waals surface area contributed by atoms with Crippen molar-refractivity contribution in [2.24, 2.45) is 0 Å². The summed E-state index contributed by atoms with van der Waals surface area (Å²) in [4.78, 5) is 0. The smallest absolute Gasteiger partial charge is 0.453 e. The van der Waals surface area contributed by atoms with Gasteiger partial charge in [0.15, 0.2) is 5.76 Å².